The van der Waals surface area contributed by atoms with Crippen molar-refractivity contribution in [2.75, 3.05) is 5.32 Å². The van der Waals surface area contributed by atoms with Gasteiger partial charge in [0.1, 0.15) is 11.8 Å². The molecule has 6 nitrogen and oxygen atoms in total. The fourth-order valence-electron chi connectivity index (χ4n) is 4.71. The van der Waals surface area contributed by atoms with Gasteiger partial charge in [-0.2, -0.15) is 4.98 Å². The zero-order chi connectivity index (χ0) is 23.9. The lowest BCUT2D eigenvalue weighted by atomic mass is 9.73. The van der Waals surface area contributed by atoms with E-state index >= 15 is 0 Å². The van der Waals surface area contributed by atoms with E-state index in [0.29, 0.717) is 17.5 Å². The topological polar surface area (TPSA) is 69.0 Å². The summed E-state index contributed by atoms with van der Waals surface area (Å²) in [4.78, 5) is 18.2. The Labute approximate surface area is 204 Å². The maximum Gasteiger partial charge on any atom is 0.227 e. The molecule has 1 atom stereocenters. The first-order valence-corrected chi connectivity index (χ1v) is 12.7. The third-order valence-corrected chi connectivity index (χ3v) is 6.98. The average molecular weight is 475 g/mol. The Hall–Kier alpha value is -3.06. The Morgan fingerprint density at radius 2 is 1.94 bits per heavy atom. The van der Waals surface area contributed by atoms with Crippen LogP contribution in [0.2, 0.25) is 0 Å². The number of aromatic nitrogens is 3. The SMILES string of the molecule is CC(C)Oc1cccc(C2C3=C(CC(C)(C)CC3=O)Nc3nc(SCc4ccccc4)nn32)c1. The standard InChI is InChI=1S/C27H30N4O2S/c1-17(2)33-20-12-8-11-19(13-20)24-23-21(14-27(3,4)15-22(23)32)28-25-29-26(30-31(24)25)34-16-18-9-6-5-7-10-18/h5-13,17,24H,14-16H2,1-4H3,(H,28,29,30). The van der Waals surface area contributed by atoms with E-state index in [4.69, 9.17) is 14.8 Å². The molecule has 0 radical (unpaired) electrons. The maximum absolute atomic E-state index is 13.4. The fourth-order valence-corrected chi connectivity index (χ4v) is 5.50. The number of allylic oxidation sites excluding steroid dienone is 2. The van der Waals surface area contributed by atoms with Crippen molar-refractivity contribution in [1.29, 1.82) is 0 Å². The van der Waals surface area contributed by atoms with Crippen molar-refractivity contribution in [2.24, 2.45) is 5.41 Å². The number of hydrogen-bond donors (Lipinski definition) is 1. The number of nitrogens with one attached hydrogen (secondary N) is 1. The normalized spacial score (nSPS) is 19.0. The highest BCUT2D eigenvalue weighted by atomic mass is 32.2. The predicted molar refractivity (Wildman–Crippen MR) is 135 cm³/mol. The summed E-state index contributed by atoms with van der Waals surface area (Å²) in [6.07, 6.45) is 1.39. The summed E-state index contributed by atoms with van der Waals surface area (Å²) >= 11 is 1.60. The van der Waals surface area contributed by atoms with Crippen LogP contribution in [0.1, 0.15) is 57.7 Å². The molecular formula is C27H30N4O2S. The average Bonchev–Trinajstić information content (AvgIpc) is 3.18. The van der Waals surface area contributed by atoms with Gasteiger partial charge in [0, 0.05) is 23.4 Å². The molecule has 0 fully saturated rings. The summed E-state index contributed by atoms with van der Waals surface area (Å²) in [5.74, 6) is 2.42. The summed E-state index contributed by atoms with van der Waals surface area (Å²) in [5.41, 5.74) is 3.85. The van der Waals surface area contributed by atoms with Gasteiger partial charge in [0.05, 0.1) is 6.10 Å². The number of hydrogen-bond acceptors (Lipinski definition) is 6. The van der Waals surface area contributed by atoms with Crippen LogP contribution in [0.15, 0.2) is 71.0 Å². The number of fused-ring (bicyclic) bond motifs is 1. The van der Waals surface area contributed by atoms with Crippen LogP contribution < -0.4 is 10.1 Å². The Kier molecular flexibility index (Phi) is 5.98. The maximum atomic E-state index is 13.4. The van der Waals surface area contributed by atoms with Crippen LogP contribution in [0, 0.1) is 5.41 Å². The number of carbonyl (C=O) groups is 1. The van der Waals surface area contributed by atoms with Gasteiger partial charge in [-0.3, -0.25) is 4.79 Å². The number of rotatable bonds is 6. The van der Waals surface area contributed by atoms with Gasteiger partial charge in [-0.15, -0.1) is 5.10 Å². The molecule has 1 unspecified atom stereocenters. The number of anilines is 1. The van der Waals surface area contributed by atoms with Crippen molar-refractivity contribution in [3.8, 4) is 5.75 Å². The second-order valence-electron chi connectivity index (χ2n) is 10.0. The molecule has 0 bridgehead atoms. The first-order valence-electron chi connectivity index (χ1n) is 11.7. The molecule has 0 amide bonds. The summed E-state index contributed by atoms with van der Waals surface area (Å²) in [6, 6.07) is 18.0. The monoisotopic (exact) mass is 474 g/mol. The minimum atomic E-state index is -0.330. The third kappa shape index (κ3) is 4.62. The van der Waals surface area contributed by atoms with Crippen molar-refractivity contribution in [2.45, 2.75) is 63.6 Å². The van der Waals surface area contributed by atoms with E-state index in [2.05, 4.69) is 31.3 Å². The summed E-state index contributed by atoms with van der Waals surface area (Å²) in [6.45, 7) is 8.30. The van der Waals surface area contributed by atoms with Gasteiger partial charge in [0.25, 0.3) is 0 Å². The molecule has 1 aliphatic heterocycles. The van der Waals surface area contributed by atoms with Crippen LogP contribution in [0.5, 0.6) is 5.75 Å². The lowest BCUT2D eigenvalue weighted by Gasteiger charge is -2.38. The number of benzene rings is 2. The molecular weight excluding hydrogens is 444 g/mol. The van der Waals surface area contributed by atoms with Crippen molar-refractivity contribution >= 4 is 23.5 Å². The van der Waals surface area contributed by atoms with E-state index in [1.54, 1.807) is 11.8 Å². The number of thioether (sulfide) groups is 1. The highest BCUT2D eigenvalue weighted by Gasteiger charge is 2.42. The number of ether oxygens (including phenoxy) is 1. The minimum Gasteiger partial charge on any atom is -0.491 e. The lowest BCUT2D eigenvalue weighted by Crippen LogP contribution is -2.36. The first-order chi connectivity index (χ1) is 16.3. The van der Waals surface area contributed by atoms with E-state index in [9.17, 15) is 4.79 Å². The van der Waals surface area contributed by atoms with Gasteiger partial charge in [-0.05, 0) is 48.9 Å². The van der Waals surface area contributed by atoms with E-state index in [0.717, 1.165) is 34.8 Å². The highest BCUT2D eigenvalue weighted by Crippen LogP contribution is 2.46. The second kappa shape index (κ2) is 8.95. The molecule has 1 aliphatic carbocycles. The van der Waals surface area contributed by atoms with E-state index < -0.39 is 0 Å². The number of nitrogens with zero attached hydrogens (tertiary/aromatic N) is 3. The first kappa shape index (κ1) is 22.7. The summed E-state index contributed by atoms with van der Waals surface area (Å²) < 4.78 is 7.83. The van der Waals surface area contributed by atoms with Crippen LogP contribution in [0.25, 0.3) is 0 Å². The zero-order valence-corrected chi connectivity index (χ0v) is 20.9. The quantitative estimate of drug-likeness (QED) is 0.441. The zero-order valence-electron chi connectivity index (χ0n) is 20.0. The van der Waals surface area contributed by atoms with Gasteiger partial charge in [-0.25, -0.2) is 4.68 Å². The number of ketones is 1. The van der Waals surface area contributed by atoms with E-state index in [1.165, 1.54) is 5.56 Å². The largest absolute Gasteiger partial charge is 0.491 e. The van der Waals surface area contributed by atoms with Gasteiger partial charge in [0.15, 0.2) is 5.78 Å². The molecule has 2 heterocycles. The summed E-state index contributed by atoms with van der Waals surface area (Å²) in [7, 11) is 0. The molecule has 2 aliphatic rings. The Balaban J connectivity index is 1.54. The number of Topliss-reactive ketones (excluding diaryl/α,β-unsaturated/α-hetero) is 1. The molecule has 1 N–H and O–H groups in total. The highest BCUT2D eigenvalue weighted by molar-refractivity contribution is 7.98. The third-order valence-electron chi connectivity index (χ3n) is 6.07. The minimum absolute atomic E-state index is 0.0677. The lowest BCUT2D eigenvalue weighted by molar-refractivity contribution is -0.118. The van der Waals surface area contributed by atoms with Crippen LogP contribution in [-0.4, -0.2) is 26.7 Å². The van der Waals surface area contributed by atoms with E-state index in [1.807, 2.05) is 61.0 Å². The van der Waals surface area contributed by atoms with Crippen LogP contribution in [0.3, 0.4) is 0 Å². The predicted octanol–water partition coefficient (Wildman–Crippen LogP) is 6.02. The van der Waals surface area contributed by atoms with Crippen LogP contribution in [-0.2, 0) is 10.5 Å². The summed E-state index contributed by atoms with van der Waals surface area (Å²) in [5, 5.41) is 9.00. The van der Waals surface area contributed by atoms with Gasteiger partial charge < -0.3 is 10.1 Å². The van der Waals surface area contributed by atoms with E-state index in [-0.39, 0.29) is 23.3 Å². The molecule has 3 aromatic rings. The van der Waals surface area contributed by atoms with Crippen LogP contribution in [0.4, 0.5) is 5.95 Å². The van der Waals surface area contributed by atoms with Crippen molar-refractivity contribution in [3.05, 3.63) is 77.0 Å². The molecule has 0 saturated heterocycles. The Morgan fingerprint density at radius 3 is 2.71 bits per heavy atom. The second-order valence-corrected chi connectivity index (χ2v) is 11.0. The van der Waals surface area contributed by atoms with Crippen molar-refractivity contribution in [3.63, 3.8) is 0 Å². The molecule has 0 saturated carbocycles. The molecule has 2 aromatic carbocycles. The van der Waals surface area contributed by atoms with Gasteiger partial charge in [0.2, 0.25) is 11.1 Å². The molecule has 5 rings (SSSR count). The molecule has 0 spiro atoms. The molecule has 7 heteroatoms. The van der Waals surface area contributed by atoms with Crippen molar-refractivity contribution in [1.82, 2.24) is 14.8 Å². The van der Waals surface area contributed by atoms with Gasteiger partial charge in [-0.1, -0.05) is 68.1 Å². The Morgan fingerprint density at radius 1 is 1.15 bits per heavy atom. The molecule has 1 aromatic heterocycles. The van der Waals surface area contributed by atoms with Crippen LogP contribution >= 0.6 is 11.8 Å². The van der Waals surface area contributed by atoms with Gasteiger partial charge >= 0.3 is 0 Å². The van der Waals surface area contributed by atoms with Crippen molar-refractivity contribution < 1.29 is 9.53 Å². The smallest absolute Gasteiger partial charge is 0.227 e. The fraction of sp³-hybridized carbons (Fsp3) is 0.370. The number of carbonyl (C=O) groups excluding carboxylic acids is 1. The molecule has 176 valence electrons. The Bertz CT molecular complexity index is 1250. The molecule has 34 heavy (non-hydrogen) atoms.